The van der Waals surface area contributed by atoms with Gasteiger partial charge in [0.05, 0.1) is 6.54 Å². The lowest BCUT2D eigenvalue weighted by Gasteiger charge is -2.30. The summed E-state index contributed by atoms with van der Waals surface area (Å²) in [7, 11) is 0. The molecule has 35 heavy (non-hydrogen) atoms. The zero-order chi connectivity index (χ0) is 25.2. The van der Waals surface area contributed by atoms with E-state index in [2.05, 4.69) is 6.92 Å². The first kappa shape index (κ1) is 26.3. The Hall–Kier alpha value is -3.34. The van der Waals surface area contributed by atoms with Gasteiger partial charge in [0.15, 0.2) is 0 Å². The highest BCUT2D eigenvalue weighted by Crippen LogP contribution is 2.16. The van der Waals surface area contributed by atoms with Crippen LogP contribution in [0.15, 0.2) is 71.1 Å². The van der Waals surface area contributed by atoms with Crippen molar-refractivity contribution >= 4 is 11.8 Å². The van der Waals surface area contributed by atoms with Crippen molar-refractivity contribution in [2.45, 2.75) is 72.5 Å². The van der Waals surface area contributed by atoms with Gasteiger partial charge in [-0.15, -0.1) is 0 Å². The number of hydrogen-bond donors (Lipinski definition) is 0. The molecule has 0 bridgehead atoms. The largest absolute Gasteiger partial charge is 0.464 e. The number of hydrogen-bond acceptors (Lipinski definition) is 3. The number of aryl methyl sites for hydroxylation is 2. The Balaban J connectivity index is 1.73. The Morgan fingerprint density at radius 1 is 0.857 bits per heavy atom. The van der Waals surface area contributed by atoms with Gasteiger partial charge >= 0.3 is 0 Å². The van der Waals surface area contributed by atoms with Crippen molar-refractivity contribution < 1.29 is 14.0 Å². The molecular formula is C30H38N2O3. The van der Waals surface area contributed by atoms with Gasteiger partial charge in [-0.05, 0) is 69.0 Å². The predicted octanol–water partition coefficient (Wildman–Crippen LogP) is 6.40. The number of amides is 2. The molecule has 0 radical (unpaired) electrons. The van der Waals surface area contributed by atoms with Crippen LogP contribution < -0.4 is 0 Å². The number of carbonyl (C=O) groups excluding carboxylic acids is 2. The maximum absolute atomic E-state index is 13.5. The van der Waals surface area contributed by atoms with Crippen LogP contribution in [0.1, 0.15) is 73.0 Å². The molecule has 0 N–H and O–H groups in total. The number of nitrogens with zero attached hydrogens (tertiary/aromatic N) is 2. The Labute approximate surface area is 209 Å². The average molecular weight is 475 g/mol. The van der Waals surface area contributed by atoms with Crippen LogP contribution in [0, 0.1) is 6.92 Å². The molecule has 3 aromatic rings. The monoisotopic (exact) mass is 474 g/mol. The highest BCUT2D eigenvalue weighted by molar-refractivity contribution is 5.96. The van der Waals surface area contributed by atoms with E-state index in [0.29, 0.717) is 18.7 Å². The van der Waals surface area contributed by atoms with Gasteiger partial charge in [0.1, 0.15) is 18.1 Å². The fourth-order valence-corrected chi connectivity index (χ4v) is 4.09. The van der Waals surface area contributed by atoms with Gasteiger partial charge < -0.3 is 14.2 Å². The SMILES string of the molecule is CCCCCc1ccc(C(=O)N(CC(=O)N(Cc2ccccc2)Cc2ccc(C)o2)C(C)C)cc1. The van der Waals surface area contributed by atoms with Gasteiger partial charge in [-0.3, -0.25) is 9.59 Å². The second-order valence-electron chi connectivity index (χ2n) is 9.43. The second-order valence-corrected chi connectivity index (χ2v) is 9.43. The lowest BCUT2D eigenvalue weighted by atomic mass is 10.0. The lowest BCUT2D eigenvalue weighted by molar-refractivity contribution is -0.133. The molecule has 0 atom stereocenters. The molecule has 0 saturated carbocycles. The molecule has 5 heteroatoms. The third kappa shape index (κ3) is 7.84. The van der Waals surface area contributed by atoms with Gasteiger partial charge in [-0.2, -0.15) is 0 Å². The van der Waals surface area contributed by atoms with Crippen LogP contribution in [0.5, 0.6) is 0 Å². The molecule has 3 rings (SSSR count). The molecule has 0 spiro atoms. The van der Waals surface area contributed by atoms with E-state index in [-0.39, 0.29) is 24.4 Å². The molecule has 5 nitrogen and oxygen atoms in total. The predicted molar refractivity (Wildman–Crippen MR) is 140 cm³/mol. The van der Waals surface area contributed by atoms with Crippen molar-refractivity contribution in [2.75, 3.05) is 6.54 Å². The number of furan rings is 1. The molecule has 186 valence electrons. The minimum atomic E-state index is -0.123. The molecule has 0 aliphatic heterocycles. The average Bonchev–Trinajstić information content (AvgIpc) is 3.27. The van der Waals surface area contributed by atoms with Crippen LogP contribution in [-0.4, -0.2) is 34.2 Å². The summed E-state index contributed by atoms with van der Waals surface area (Å²) in [5, 5.41) is 0. The lowest BCUT2D eigenvalue weighted by Crippen LogP contribution is -2.45. The Morgan fingerprint density at radius 2 is 1.57 bits per heavy atom. The van der Waals surface area contributed by atoms with Crippen LogP contribution in [-0.2, 0) is 24.3 Å². The molecular weight excluding hydrogens is 436 g/mol. The fraction of sp³-hybridized carbons (Fsp3) is 0.400. The summed E-state index contributed by atoms with van der Waals surface area (Å²) < 4.78 is 5.74. The smallest absolute Gasteiger partial charge is 0.254 e. The normalized spacial score (nSPS) is 11.0. The fourth-order valence-electron chi connectivity index (χ4n) is 4.09. The van der Waals surface area contributed by atoms with Crippen LogP contribution in [0.25, 0.3) is 0 Å². The van der Waals surface area contributed by atoms with E-state index < -0.39 is 0 Å². The van der Waals surface area contributed by atoms with Gasteiger partial charge in [-0.1, -0.05) is 62.2 Å². The van der Waals surface area contributed by atoms with E-state index in [1.54, 1.807) is 9.80 Å². The van der Waals surface area contributed by atoms with Crippen LogP contribution in [0.4, 0.5) is 0 Å². The topological polar surface area (TPSA) is 53.8 Å². The molecule has 1 heterocycles. The van der Waals surface area contributed by atoms with Crippen molar-refractivity contribution in [2.24, 2.45) is 0 Å². The van der Waals surface area contributed by atoms with E-state index in [1.165, 1.54) is 18.4 Å². The van der Waals surface area contributed by atoms with Crippen LogP contribution >= 0.6 is 0 Å². The number of carbonyl (C=O) groups is 2. The maximum atomic E-state index is 13.5. The minimum absolute atomic E-state index is 0.0152. The van der Waals surface area contributed by atoms with Gasteiger partial charge in [0.2, 0.25) is 5.91 Å². The molecule has 0 unspecified atom stereocenters. The highest BCUT2D eigenvalue weighted by atomic mass is 16.3. The zero-order valence-corrected chi connectivity index (χ0v) is 21.5. The van der Waals surface area contributed by atoms with E-state index >= 15 is 0 Å². The Morgan fingerprint density at radius 3 is 2.17 bits per heavy atom. The maximum Gasteiger partial charge on any atom is 0.254 e. The molecule has 0 saturated heterocycles. The molecule has 0 aliphatic rings. The summed E-state index contributed by atoms with van der Waals surface area (Å²) in [4.78, 5) is 30.3. The molecule has 1 aromatic heterocycles. The third-order valence-electron chi connectivity index (χ3n) is 6.17. The first-order valence-corrected chi connectivity index (χ1v) is 12.6. The molecule has 2 amide bonds. The Kier molecular flexibility index (Phi) is 9.71. The van der Waals surface area contributed by atoms with E-state index in [9.17, 15) is 9.59 Å². The van der Waals surface area contributed by atoms with E-state index in [1.807, 2.05) is 87.5 Å². The van der Waals surface area contributed by atoms with E-state index in [4.69, 9.17) is 4.42 Å². The number of benzene rings is 2. The first-order chi connectivity index (χ1) is 16.9. The molecule has 2 aromatic carbocycles. The third-order valence-corrected chi connectivity index (χ3v) is 6.17. The molecule has 0 aliphatic carbocycles. The van der Waals surface area contributed by atoms with Crippen molar-refractivity contribution in [3.05, 3.63) is 94.9 Å². The summed E-state index contributed by atoms with van der Waals surface area (Å²) in [6.07, 6.45) is 4.58. The van der Waals surface area contributed by atoms with Crippen molar-refractivity contribution in [3.63, 3.8) is 0 Å². The second kappa shape index (κ2) is 12.9. The van der Waals surface area contributed by atoms with Gasteiger partial charge in [-0.25, -0.2) is 0 Å². The van der Waals surface area contributed by atoms with Crippen molar-refractivity contribution in [1.29, 1.82) is 0 Å². The zero-order valence-electron chi connectivity index (χ0n) is 21.5. The van der Waals surface area contributed by atoms with Gasteiger partial charge in [0.25, 0.3) is 5.91 Å². The van der Waals surface area contributed by atoms with E-state index in [0.717, 1.165) is 29.9 Å². The number of unbranched alkanes of at least 4 members (excludes halogenated alkanes) is 2. The van der Waals surface area contributed by atoms with Crippen molar-refractivity contribution in [3.8, 4) is 0 Å². The Bertz CT molecular complexity index is 1070. The molecule has 0 fully saturated rings. The van der Waals surface area contributed by atoms with Crippen molar-refractivity contribution in [1.82, 2.24) is 9.80 Å². The summed E-state index contributed by atoms with van der Waals surface area (Å²) in [6, 6.07) is 21.4. The van der Waals surface area contributed by atoms with Crippen LogP contribution in [0.2, 0.25) is 0 Å². The standard InChI is InChI=1S/C30H38N2O3/c1-5-6-8-11-25-15-17-27(18-16-25)30(34)32(23(2)3)22-29(33)31(20-26-12-9-7-10-13-26)21-28-19-14-24(4)35-28/h7,9-10,12-19,23H,5-6,8,11,20-22H2,1-4H3. The summed E-state index contributed by atoms with van der Waals surface area (Å²) in [6.45, 7) is 8.80. The number of rotatable bonds is 12. The summed E-state index contributed by atoms with van der Waals surface area (Å²) >= 11 is 0. The summed E-state index contributed by atoms with van der Waals surface area (Å²) in [5.74, 6) is 1.31. The highest BCUT2D eigenvalue weighted by Gasteiger charge is 2.25. The minimum Gasteiger partial charge on any atom is -0.464 e. The first-order valence-electron chi connectivity index (χ1n) is 12.6. The van der Waals surface area contributed by atoms with Gasteiger partial charge in [0, 0.05) is 18.2 Å². The quantitative estimate of drug-likeness (QED) is 0.285. The van der Waals surface area contributed by atoms with Crippen LogP contribution in [0.3, 0.4) is 0 Å². The summed E-state index contributed by atoms with van der Waals surface area (Å²) in [5.41, 5.74) is 2.89.